The summed E-state index contributed by atoms with van der Waals surface area (Å²) >= 11 is 0. The Morgan fingerprint density at radius 3 is 2.50 bits per heavy atom. The van der Waals surface area contributed by atoms with Crippen molar-refractivity contribution in [2.75, 3.05) is 39.3 Å². The quantitative estimate of drug-likeness (QED) is 0.611. The maximum atomic E-state index is 13.0. The predicted molar refractivity (Wildman–Crippen MR) is 124 cm³/mol. The molecule has 32 heavy (non-hydrogen) atoms. The maximum Gasteiger partial charge on any atom is 0.225 e. The van der Waals surface area contributed by atoms with Gasteiger partial charge < -0.3 is 29.0 Å². The lowest BCUT2D eigenvalue weighted by Gasteiger charge is -2.32. The summed E-state index contributed by atoms with van der Waals surface area (Å²) in [5.74, 6) is 2.54. The SMILES string of the molecule is COc1cc(CNC(=O)C2CCCN(c3nc4ccccc4n3C)C2)cc(OC)c1OC. The number of carbonyl (C=O) groups is 1. The van der Waals surface area contributed by atoms with Crippen LogP contribution < -0.4 is 24.4 Å². The van der Waals surface area contributed by atoms with Crippen LogP contribution in [0.3, 0.4) is 0 Å². The molecule has 1 aromatic heterocycles. The summed E-state index contributed by atoms with van der Waals surface area (Å²) in [6.45, 7) is 1.93. The first-order valence-corrected chi connectivity index (χ1v) is 10.8. The zero-order valence-corrected chi connectivity index (χ0v) is 19.1. The van der Waals surface area contributed by atoms with Crippen molar-refractivity contribution >= 4 is 22.9 Å². The number of hydrogen-bond acceptors (Lipinski definition) is 6. The second-order valence-corrected chi connectivity index (χ2v) is 8.00. The minimum absolute atomic E-state index is 0.0437. The van der Waals surface area contributed by atoms with Crippen LogP contribution in [0.4, 0.5) is 5.95 Å². The van der Waals surface area contributed by atoms with E-state index >= 15 is 0 Å². The fourth-order valence-corrected chi connectivity index (χ4v) is 4.36. The molecule has 1 aliphatic heterocycles. The molecule has 8 heteroatoms. The molecule has 0 bridgehead atoms. The maximum absolute atomic E-state index is 13.0. The Morgan fingerprint density at radius 2 is 1.84 bits per heavy atom. The molecule has 1 unspecified atom stereocenters. The molecule has 0 aliphatic carbocycles. The van der Waals surface area contributed by atoms with Gasteiger partial charge in [-0.3, -0.25) is 4.79 Å². The third kappa shape index (κ3) is 4.17. The number of fused-ring (bicyclic) bond motifs is 1. The van der Waals surface area contributed by atoms with E-state index in [-0.39, 0.29) is 11.8 Å². The van der Waals surface area contributed by atoms with Crippen molar-refractivity contribution in [3.63, 3.8) is 0 Å². The molecule has 0 radical (unpaired) electrons. The number of hydrogen-bond donors (Lipinski definition) is 1. The largest absolute Gasteiger partial charge is 0.493 e. The summed E-state index contributed by atoms with van der Waals surface area (Å²) in [4.78, 5) is 20.0. The Balaban J connectivity index is 1.44. The standard InChI is InChI=1S/C24H30N4O4/c1-27-19-10-6-5-9-18(19)26-24(27)28-11-7-8-17(15-28)23(29)25-14-16-12-20(30-2)22(32-4)21(13-16)31-3/h5-6,9-10,12-13,17H,7-8,11,14-15H2,1-4H3,(H,25,29). The second-order valence-electron chi connectivity index (χ2n) is 8.00. The smallest absolute Gasteiger partial charge is 0.225 e. The van der Waals surface area contributed by atoms with Crippen LogP contribution in [-0.2, 0) is 18.4 Å². The van der Waals surface area contributed by atoms with E-state index in [1.165, 1.54) is 0 Å². The van der Waals surface area contributed by atoms with Crippen molar-refractivity contribution in [3.8, 4) is 17.2 Å². The summed E-state index contributed by atoms with van der Waals surface area (Å²) in [6.07, 6.45) is 1.81. The molecule has 3 aromatic rings. The number of aromatic nitrogens is 2. The van der Waals surface area contributed by atoms with Crippen LogP contribution in [0.2, 0.25) is 0 Å². The fourth-order valence-electron chi connectivity index (χ4n) is 4.36. The highest BCUT2D eigenvalue weighted by Crippen LogP contribution is 2.38. The fraction of sp³-hybridized carbons (Fsp3) is 0.417. The Kier molecular flexibility index (Phi) is 6.39. The van der Waals surface area contributed by atoms with Crippen LogP contribution in [0.1, 0.15) is 18.4 Å². The lowest BCUT2D eigenvalue weighted by Crippen LogP contribution is -2.43. The Labute approximate surface area is 188 Å². The molecular weight excluding hydrogens is 408 g/mol. The molecule has 8 nitrogen and oxygen atoms in total. The molecule has 1 aliphatic rings. The normalized spacial score (nSPS) is 16.1. The monoisotopic (exact) mass is 438 g/mol. The van der Waals surface area contributed by atoms with Crippen molar-refractivity contribution < 1.29 is 19.0 Å². The number of nitrogens with one attached hydrogen (secondary N) is 1. The summed E-state index contributed by atoms with van der Waals surface area (Å²) in [6, 6.07) is 11.8. The molecule has 1 atom stereocenters. The van der Waals surface area contributed by atoms with E-state index in [0.717, 1.165) is 41.9 Å². The van der Waals surface area contributed by atoms with E-state index in [0.29, 0.717) is 30.3 Å². The van der Waals surface area contributed by atoms with Crippen LogP contribution in [0, 0.1) is 5.92 Å². The lowest BCUT2D eigenvalue weighted by molar-refractivity contribution is -0.125. The predicted octanol–water partition coefficient (Wildman–Crippen LogP) is 3.13. The van der Waals surface area contributed by atoms with E-state index in [1.54, 1.807) is 21.3 Å². The molecular formula is C24H30N4O4. The molecule has 2 heterocycles. The van der Waals surface area contributed by atoms with Crippen LogP contribution in [0.15, 0.2) is 36.4 Å². The molecule has 0 saturated carbocycles. The number of nitrogens with zero attached hydrogens (tertiary/aromatic N) is 3. The number of anilines is 1. The van der Waals surface area contributed by atoms with Gasteiger partial charge in [0.1, 0.15) is 0 Å². The van der Waals surface area contributed by atoms with E-state index in [9.17, 15) is 4.79 Å². The summed E-state index contributed by atoms with van der Waals surface area (Å²) in [7, 11) is 6.76. The highest BCUT2D eigenvalue weighted by Gasteiger charge is 2.28. The Hall–Kier alpha value is -3.42. The van der Waals surface area contributed by atoms with E-state index in [1.807, 2.05) is 37.4 Å². The summed E-state index contributed by atoms with van der Waals surface area (Å²) < 4.78 is 18.3. The van der Waals surface area contributed by atoms with Crippen molar-refractivity contribution in [1.82, 2.24) is 14.9 Å². The van der Waals surface area contributed by atoms with E-state index in [2.05, 4.69) is 20.9 Å². The van der Waals surface area contributed by atoms with Gasteiger partial charge in [0.25, 0.3) is 0 Å². The van der Waals surface area contributed by atoms with Gasteiger partial charge in [-0.05, 0) is 42.7 Å². The second kappa shape index (κ2) is 9.38. The van der Waals surface area contributed by atoms with E-state index in [4.69, 9.17) is 19.2 Å². The number of rotatable bonds is 7. The van der Waals surface area contributed by atoms with Crippen molar-refractivity contribution in [2.45, 2.75) is 19.4 Å². The van der Waals surface area contributed by atoms with Gasteiger partial charge in [0.15, 0.2) is 11.5 Å². The lowest BCUT2D eigenvalue weighted by atomic mass is 9.97. The zero-order valence-electron chi connectivity index (χ0n) is 19.1. The first-order chi connectivity index (χ1) is 15.5. The highest BCUT2D eigenvalue weighted by atomic mass is 16.5. The van der Waals surface area contributed by atoms with E-state index < -0.39 is 0 Å². The van der Waals surface area contributed by atoms with Crippen LogP contribution in [0.25, 0.3) is 11.0 Å². The van der Waals surface area contributed by atoms with Crippen LogP contribution in [-0.4, -0.2) is 49.9 Å². The first kappa shape index (κ1) is 21.8. The summed E-state index contributed by atoms with van der Waals surface area (Å²) in [5, 5.41) is 3.08. The summed E-state index contributed by atoms with van der Waals surface area (Å²) in [5.41, 5.74) is 2.95. The highest BCUT2D eigenvalue weighted by molar-refractivity contribution is 5.81. The number of benzene rings is 2. The molecule has 1 amide bonds. The van der Waals surface area contributed by atoms with Gasteiger partial charge in [0, 0.05) is 26.7 Å². The molecule has 2 aromatic carbocycles. The number of para-hydroxylation sites is 2. The average Bonchev–Trinajstić information content (AvgIpc) is 3.18. The van der Waals surface area contributed by atoms with Crippen LogP contribution in [0.5, 0.6) is 17.2 Å². The molecule has 1 saturated heterocycles. The number of amides is 1. The number of methoxy groups -OCH3 is 3. The number of ether oxygens (including phenoxy) is 3. The molecule has 1 N–H and O–H groups in total. The molecule has 4 rings (SSSR count). The van der Waals surface area contributed by atoms with Gasteiger partial charge in [0.2, 0.25) is 17.6 Å². The van der Waals surface area contributed by atoms with Gasteiger partial charge >= 0.3 is 0 Å². The van der Waals surface area contributed by atoms with Gasteiger partial charge in [0.05, 0.1) is 38.3 Å². The minimum atomic E-state index is -0.0920. The molecule has 1 fully saturated rings. The third-order valence-electron chi connectivity index (χ3n) is 6.03. The zero-order chi connectivity index (χ0) is 22.7. The van der Waals surface area contributed by atoms with Crippen molar-refractivity contribution in [1.29, 1.82) is 0 Å². The first-order valence-electron chi connectivity index (χ1n) is 10.8. The average molecular weight is 439 g/mol. The van der Waals surface area contributed by atoms with Gasteiger partial charge in [-0.2, -0.15) is 0 Å². The third-order valence-corrected chi connectivity index (χ3v) is 6.03. The Morgan fingerprint density at radius 1 is 1.12 bits per heavy atom. The van der Waals surface area contributed by atoms with Crippen molar-refractivity contribution in [2.24, 2.45) is 13.0 Å². The number of carbonyl (C=O) groups excluding carboxylic acids is 1. The minimum Gasteiger partial charge on any atom is -0.493 e. The van der Waals surface area contributed by atoms with Gasteiger partial charge in [-0.15, -0.1) is 0 Å². The topological polar surface area (TPSA) is 77.9 Å². The van der Waals surface area contributed by atoms with Gasteiger partial charge in [-0.25, -0.2) is 4.98 Å². The Bertz CT molecular complexity index is 1090. The molecule has 0 spiro atoms. The van der Waals surface area contributed by atoms with Gasteiger partial charge in [-0.1, -0.05) is 12.1 Å². The van der Waals surface area contributed by atoms with Crippen LogP contribution >= 0.6 is 0 Å². The van der Waals surface area contributed by atoms with Crippen molar-refractivity contribution in [3.05, 3.63) is 42.0 Å². The number of imidazole rings is 1. The number of aryl methyl sites for hydroxylation is 1. The number of piperidine rings is 1. The molecule has 170 valence electrons.